The minimum absolute atomic E-state index is 0.0175. The van der Waals surface area contributed by atoms with Crippen molar-refractivity contribution in [3.05, 3.63) is 58.9 Å². The number of nitrogens with zero attached hydrogens (tertiary/aromatic N) is 3. The molecule has 1 aromatic heterocycles. The summed E-state index contributed by atoms with van der Waals surface area (Å²) in [5.74, 6) is 1.84. The smallest absolute Gasteiger partial charge is 0.321 e. The van der Waals surface area contributed by atoms with E-state index in [1.165, 1.54) is 0 Å². The molecule has 1 aliphatic rings. The van der Waals surface area contributed by atoms with Crippen molar-refractivity contribution < 1.29 is 14.1 Å². The highest BCUT2D eigenvalue weighted by Gasteiger charge is 2.29. The summed E-state index contributed by atoms with van der Waals surface area (Å²) >= 11 is 3.42. The number of benzene rings is 2. The van der Waals surface area contributed by atoms with Gasteiger partial charge in [-0.25, -0.2) is 4.79 Å². The van der Waals surface area contributed by atoms with Crippen LogP contribution < -0.4 is 10.1 Å². The Balaban J connectivity index is 1.44. The molecule has 0 radical (unpaired) electrons. The fourth-order valence-electron chi connectivity index (χ4n) is 3.41. The quantitative estimate of drug-likeness (QED) is 0.602. The maximum absolute atomic E-state index is 12.7. The Morgan fingerprint density at radius 2 is 2.14 bits per heavy atom. The number of anilines is 1. The van der Waals surface area contributed by atoms with Gasteiger partial charge in [-0.15, -0.1) is 0 Å². The van der Waals surface area contributed by atoms with Gasteiger partial charge < -0.3 is 19.5 Å². The molecule has 0 bridgehead atoms. The molecule has 1 aliphatic heterocycles. The van der Waals surface area contributed by atoms with Gasteiger partial charge in [-0.1, -0.05) is 39.3 Å². The lowest BCUT2D eigenvalue weighted by molar-refractivity contribution is 0.184. The first-order valence-electron chi connectivity index (χ1n) is 9.42. The average Bonchev–Trinajstić information content (AvgIpc) is 3.24. The van der Waals surface area contributed by atoms with E-state index < -0.39 is 0 Å². The second-order valence-corrected chi connectivity index (χ2v) is 7.83. The summed E-state index contributed by atoms with van der Waals surface area (Å²) in [6.07, 6.45) is 1.79. The predicted octanol–water partition coefficient (Wildman–Crippen LogP) is 4.92. The monoisotopic (exact) mass is 456 g/mol. The molecule has 150 valence electrons. The van der Waals surface area contributed by atoms with Crippen LogP contribution in [-0.4, -0.2) is 41.3 Å². The summed E-state index contributed by atoms with van der Waals surface area (Å²) in [6.45, 7) is 1.24. The number of aromatic nitrogens is 2. The molecule has 1 saturated heterocycles. The standard InChI is InChI=1S/C21H21BrN4O3/c1-28-18-9-2-5-14(11-18)19-24-20(29-25-19)15-6-4-10-26(13-15)21(27)23-17-8-3-7-16(22)12-17/h2-3,5,7-9,11-12,15H,4,6,10,13H2,1H3,(H,23,27). The number of halogens is 1. The molecule has 1 atom stereocenters. The number of hydrogen-bond acceptors (Lipinski definition) is 5. The SMILES string of the molecule is COc1cccc(-c2noc(C3CCCN(C(=O)Nc4cccc(Br)c4)C3)n2)c1. The van der Waals surface area contributed by atoms with E-state index in [1.54, 1.807) is 12.0 Å². The first-order valence-corrected chi connectivity index (χ1v) is 10.2. The van der Waals surface area contributed by atoms with Crippen molar-refractivity contribution in [3.8, 4) is 17.1 Å². The Hall–Kier alpha value is -2.87. The zero-order valence-corrected chi connectivity index (χ0v) is 17.6. The summed E-state index contributed by atoms with van der Waals surface area (Å²) in [5.41, 5.74) is 1.59. The zero-order chi connectivity index (χ0) is 20.2. The summed E-state index contributed by atoms with van der Waals surface area (Å²) in [4.78, 5) is 19.0. The maximum atomic E-state index is 12.7. The van der Waals surface area contributed by atoms with Crippen molar-refractivity contribution >= 4 is 27.6 Å². The van der Waals surface area contributed by atoms with Crippen LogP contribution in [0.3, 0.4) is 0 Å². The Morgan fingerprint density at radius 1 is 1.28 bits per heavy atom. The fourth-order valence-corrected chi connectivity index (χ4v) is 3.81. The molecule has 2 aromatic carbocycles. The van der Waals surface area contributed by atoms with Crippen molar-refractivity contribution in [2.45, 2.75) is 18.8 Å². The third kappa shape index (κ3) is 4.59. The van der Waals surface area contributed by atoms with Crippen molar-refractivity contribution in [2.24, 2.45) is 0 Å². The Bertz CT molecular complexity index is 1010. The van der Waals surface area contributed by atoms with Crippen LogP contribution in [0, 0.1) is 0 Å². The first kappa shape index (κ1) is 19.4. The lowest BCUT2D eigenvalue weighted by Crippen LogP contribution is -2.41. The number of ether oxygens (including phenoxy) is 1. The lowest BCUT2D eigenvalue weighted by atomic mass is 9.98. The Morgan fingerprint density at radius 3 is 2.97 bits per heavy atom. The highest BCUT2D eigenvalue weighted by molar-refractivity contribution is 9.10. The van der Waals surface area contributed by atoms with E-state index in [4.69, 9.17) is 9.26 Å². The minimum Gasteiger partial charge on any atom is -0.497 e. The van der Waals surface area contributed by atoms with E-state index in [-0.39, 0.29) is 11.9 Å². The second kappa shape index (κ2) is 8.65. The molecule has 29 heavy (non-hydrogen) atoms. The molecule has 7 nitrogen and oxygen atoms in total. The summed E-state index contributed by atoms with van der Waals surface area (Å²) in [6, 6.07) is 15.0. The number of hydrogen-bond donors (Lipinski definition) is 1. The van der Waals surface area contributed by atoms with E-state index in [9.17, 15) is 4.79 Å². The molecular formula is C21H21BrN4O3. The molecule has 1 fully saturated rings. The zero-order valence-electron chi connectivity index (χ0n) is 16.0. The number of carbonyl (C=O) groups excluding carboxylic acids is 1. The number of likely N-dealkylation sites (tertiary alicyclic amines) is 1. The predicted molar refractivity (Wildman–Crippen MR) is 113 cm³/mol. The van der Waals surface area contributed by atoms with Gasteiger partial charge in [0.05, 0.1) is 13.0 Å². The van der Waals surface area contributed by atoms with Gasteiger partial charge in [-0.2, -0.15) is 4.98 Å². The van der Waals surface area contributed by atoms with Crippen LogP contribution in [0.25, 0.3) is 11.4 Å². The van der Waals surface area contributed by atoms with Gasteiger partial charge in [0.1, 0.15) is 5.75 Å². The van der Waals surface area contributed by atoms with E-state index in [2.05, 4.69) is 31.4 Å². The molecule has 0 saturated carbocycles. The molecule has 0 aliphatic carbocycles. The number of urea groups is 1. The van der Waals surface area contributed by atoms with Crippen LogP contribution in [0.5, 0.6) is 5.75 Å². The number of carbonyl (C=O) groups is 1. The molecular weight excluding hydrogens is 436 g/mol. The largest absolute Gasteiger partial charge is 0.497 e. The topological polar surface area (TPSA) is 80.5 Å². The third-order valence-corrected chi connectivity index (χ3v) is 5.40. The van der Waals surface area contributed by atoms with Gasteiger partial charge in [0.2, 0.25) is 11.7 Å². The molecule has 1 N–H and O–H groups in total. The van der Waals surface area contributed by atoms with E-state index in [0.717, 1.165) is 34.3 Å². The van der Waals surface area contributed by atoms with E-state index >= 15 is 0 Å². The maximum Gasteiger partial charge on any atom is 0.321 e. The molecule has 2 heterocycles. The van der Waals surface area contributed by atoms with Crippen molar-refractivity contribution in [3.63, 3.8) is 0 Å². The van der Waals surface area contributed by atoms with Crippen LogP contribution in [0.2, 0.25) is 0 Å². The minimum atomic E-state index is -0.125. The number of methoxy groups -OCH3 is 1. The van der Waals surface area contributed by atoms with Crippen LogP contribution >= 0.6 is 15.9 Å². The van der Waals surface area contributed by atoms with Gasteiger partial charge in [0.15, 0.2) is 0 Å². The van der Waals surface area contributed by atoms with Gasteiger partial charge in [0, 0.05) is 28.8 Å². The average molecular weight is 457 g/mol. The third-order valence-electron chi connectivity index (χ3n) is 4.90. The van der Waals surface area contributed by atoms with Crippen LogP contribution in [0.1, 0.15) is 24.7 Å². The van der Waals surface area contributed by atoms with Crippen molar-refractivity contribution in [1.82, 2.24) is 15.0 Å². The summed E-state index contributed by atoms with van der Waals surface area (Å²) in [5, 5.41) is 7.06. The summed E-state index contributed by atoms with van der Waals surface area (Å²) < 4.78 is 11.7. The van der Waals surface area contributed by atoms with Crippen LogP contribution in [0.15, 0.2) is 57.5 Å². The Labute approximate surface area is 177 Å². The molecule has 2 amide bonds. The van der Waals surface area contributed by atoms with E-state index in [0.29, 0.717) is 24.8 Å². The highest BCUT2D eigenvalue weighted by Crippen LogP contribution is 2.29. The lowest BCUT2D eigenvalue weighted by Gasteiger charge is -2.31. The summed E-state index contributed by atoms with van der Waals surface area (Å²) in [7, 11) is 1.62. The Kier molecular flexibility index (Phi) is 5.80. The number of amides is 2. The molecule has 4 rings (SSSR count). The molecule has 3 aromatic rings. The van der Waals surface area contributed by atoms with Crippen LogP contribution in [-0.2, 0) is 0 Å². The normalized spacial score (nSPS) is 16.5. The molecule has 0 spiro atoms. The van der Waals surface area contributed by atoms with Gasteiger partial charge in [-0.3, -0.25) is 0 Å². The van der Waals surface area contributed by atoms with Gasteiger partial charge in [0.25, 0.3) is 0 Å². The molecule has 8 heteroatoms. The number of nitrogens with one attached hydrogen (secondary N) is 1. The first-order chi connectivity index (χ1) is 14.1. The number of piperidine rings is 1. The van der Waals surface area contributed by atoms with Crippen molar-refractivity contribution in [2.75, 3.05) is 25.5 Å². The van der Waals surface area contributed by atoms with Gasteiger partial charge in [-0.05, 0) is 43.2 Å². The highest BCUT2D eigenvalue weighted by atomic mass is 79.9. The number of rotatable bonds is 4. The van der Waals surface area contributed by atoms with Gasteiger partial charge >= 0.3 is 6.03 Å². The van der Waals surface area contributed by atoms with Crippen LogP contribution in [0.4, 0.5) is 10.5 Å². The fraction of sp³-hybridized carbons (Fsp3) is 0.286. The van der Waals surface area contributed by atoms with Crippen molar-refractivity contribution in [1.29, 1.82) is 0 Å². The molecule has 1 unspecified atom stereocenters. The van der Waals surface area contributed by atoms with E-state index in [1.807, 2.05) is 48.5 Å². The second-order valence-electron chi connectivity index (χ2n) is 6.91.